The second-order valence-corrected chi connectivity index (χ2v) is 7.10. The summed E-state index contributed by atoms with van der Waals surface area (Å²) < 4.78 is 0. The first-order valence-corrected chi connectivity index (χ1v) is 9.38. The second-order valence-electron chi connectivity index (χ2n) is 7.10. The lowest BCUT2D eigenvalue weighted by Gasteiger charge is -2.26. The van der Waals surface area contributed by atoms with E-state index in [9.17, 15) is 9.59 Å². The van der Waals surface area contributed by atoms with Crippen LogP contribution in [0.1, 0.15) is 56.9 Å². The number of carbonyl (C=O) groups excluding carboxylic acids is 2. The number of amides is 2. The molecule has 1 N–H and O–H groups in total. The van der Waals surface area contributed by atoms with E-state index in [0.717, 1.165) is 31.2 Å². The number of rotatable bonds is 4. The molecule has 24 heavy (non-hydrogen) atoms. The topological polar surface area (TPSA) is 49.4 Å². The summed E-state index contributed by atoms with van der Waals surface area (Å²) in [5, 5.41) is 3.22. The number of hydrogen-bond donors (Lipinski definition) is 1. The van der Waals surface area contributed by atoms with Gasteiger partial charge in [-0.05, 0) is 31.2 Å². The van der Waals surface area contributed by atoms with Crippen LogP contribution in [-0.4, -0.2) is 35.3 Å². The Morgan fingerprint density at radius 2 is 1.67 bits per heavy atom. The summed E-state index contributed by atoms with van der Waals surface area (Å²) in [6, 6.07) is 9.80. The van der Waals surface area contributed by atoms with Gasteiger partial charge in [0.15, 0.2) is 0 Å². The predicted molar refractivity (Wildman–Crippen MR) is 94.5 cm³/mol. The third-order valence-electron chi connectivity index (χ3n) is 5.28. The molecule has 130 valence electrons. The first-order valence-electron chi connectivity index (χ1n) is 9.38. The number of likely N-dealkylation sites (tertiary alicyclic amines) is 1. The normalized spacial score (nSPS) is 22.2. The molecule has 1 saturated carbocycles. The number of hydrogen-bond acceptors (Lipinski definition) is 2. The molecule has 2 fully saturated rings. The average molecular weight is 328 g/mol. The highest BCUT2D eigenvalue weighted by atomic mass is 16.2. The molecule has 0 radical (unpaired) electrons. The van der Waals surface area contributed by atoms with Crippen molar-refractivity contribution in [3.05, 3.63) is 35.9 Å². The van der Waals surface area contributed by atoms with Crippen LogP contribution in [0.4, 0.5) is 0 Å². The summed E-state index contributed by atoms with van der Waals surface area (Å²) in [4.78, 5) is 27.1. The van der Waals surface area contributed by atoms with Crippen LogP contribution in [0.5, 0.6) is 0 Å². The van der Waals surface area contributed by atoms with Gasteiger partial charge in [0, 0.05) is 12.6 Å². The third-order valence-corrected chi connectivity index (χ3v) is 5.28. The van der Waals surface area contributed by atoms with Crippen molar-refractivity contribution < 1.29 is 9.59 Å². The van der Waals surface area contributed by atoms with Crippen molar-refractivity contribution in [3.8, 4) is 0 Å². The van der Waals surface area contributed by atoms with Gasteiger partial charge < -0.3 is 10.2 Å². The lowest BCUT2D eigenvalue weighted by Crippen LogP contribution is -2.49. The molecule has 2 aliphatic rings. The Hall–Kier alpha value is -1.84. The zero-order chi connectivity index (χ0) is 16.8. The Labute approximate surface area is 144 Å². The average Bonchev–Trinajstić information content (AvgIpc) is 2.95. The SMILES string of the molecule is O=C(NC1CCCCCC1)[C@H]1CCCN1C(=O)Cc1ccccc1. The van der Waals surface area contributed by atoms with E-state index >= 15 is 0 Å². The van der Waals surface area contributed by atoms with Crippen molar-refractivity contribution in [2.75, 3.05) is 6.54 Å². The van der Waals surface area contributed by atoms with Gasteiger partial charge >= 0.3 is 0 Å². The van der Waals surface area contributed by atoms with Crippen molar-refractivity contribution in [2.24, 2.45) is 0 Å². The summed E-state index contributed by atoms with van der Waals surface area (Å²) in [5.41, 5.74) is 1.01. The molecule has 0 bridgehead atoms. The lowest BCUT2D eigenvalue weighted by atomic mass is 10.1. The molecule has 0 aromatic heterocycles. The highest BCUT2D eigenvalue weighted by Gasteiger charge is 2.34. The lowest BCUT2D eigenvalue weighted by molar-refractivity contribution is -0.138. The summed E-state index contributed by atoms with van der Waals surface area (Å²) >= 11 is 0. The van der Waals surface area contributed by atoms with E-state index in [0.29, 0.717) is 19.0 Å². The summed E-state index contributed by atoms with van der Waals surface area (Å²) in [6.45, 7) is 0.703. The maximum Gasteiger partial charge on any atom is 0.243 e. The van der Waals surface area contributed by atoms with Crippen LogP contribution < -0.4 is 5.32 Å². The van der Waals surface area contributed by atoms with Crippen LogP contribution in [0.3, 0.4) is 0 Å². The monoisotopic (exact) mass is 328 g/mol. The van der Waals surface area contributed by atoms with Crippen LogP contribution in [-0.2, 0) is 16.0 Å². The highest BCUT2D eigenvalue weighted by Crippen LogP contribution is 2.21. The van der Waals surface area contributed by atoms with E-state index in [1.165, 1.54) is 25.7 Å². The Morgan fingerprint density at radius 3 is 2.38 bits per heavy atom. The van der Waals surface area contributed by atoms with Crippen LogP contribution in [0, 0.1) is 0 Å². The van der Waals surface area contributed by atoms with E-state index in [4.69, 9.17) is 0 Å². The predicted octanol–water partition coefficient (Wildman–Crippen LogP) is 3.06. The molecule has 2 amide bonds. The van der Waals surface area contributed by atoms with Crippen molar-refractivity contribution >= 4 is 11.8 Å². The van der Waals surface area contributed by atoms with Crippen LogP contribution >= 0.6 is 0 Å². The second kappa shape index (κ2) is 8.32. The van der Waals surface area contributed by atoms with Gasteiger partial charge in [0.05, 0.1) is 6.42 Å². The minimum atomic E-state index is -0.274. The van der Waals surface area contributed by atoms with E-state index in [2.05, 4.69) is 5.32 Å². The fourth-order valence-corrected chi connectivity index (χ4v) is 3.93. The van der Waals surface area contributed by atoms with Crippen LogP contribution in [0.25, 0.3) is 0 Å². The molecule has 4 heteroatoms. The molecule has 0 spiro atoms. The van der Waals surface area contributed by atoms with Gasteiger partial charge in [-0.25, -0.2) is 0 Å². The molecular formula is C20H28N2O2. The van der Waals surface area contributed by atoms with E-state index in [1.54, 1.807) is 4.90 Å². The van der Waals surface area contributed by atoms with Crippen molar-refractivity contribution in [1.29, 1.82) is 0 Å². The van der Waals surface area contributed by atoms with E-state index < -0.39 is 0 Å². The van der Waals surface area contributed by atoms with Gasteiger partial charge in [-0.2, -0.15) is 0 Å². The molecule has 1 aromatic rings. The van der Waals surface area contributed by atoms with Gasteiger partial charge in [-0.3, -0.25) is 9.59 Å². The molecule has 3 rings (SSSR count). The first kappa shape index (κ1) is 17.0. The van der Waals surface area contributed by atoms with Gasteiger partial charge in [-0.1, -0.05) is 56.0 Å². The number of carbonyl (C=O) groups is 2. The Morgan fingerprint density at radius 1 is 0.958 bits per heavy atom. The number of nitrogens with zero attached hydrogens (tertiary/aromatic N) is 1. The zero-order valence-electron chi connectivity index (χ0n) is 14.4. The number of benzene rings is 1. The molecule has 1 aliphatic heterocycles. The third kappa shape index (κ3) is 4.37. The van der Waals surface area contributed by atoms with Crippen molar-refractivity contribution in [1.82, 2.24) is 10.2 Å². The summed E-state index contributed by atoms with van der Waals surface area (Å²) in [6.07, 6.45) is 9.21. The molecule has 1 saturated heterocycles. The summed E-state index contributed by atoms with van der Waals surface area (Å²) in [7, 11) is 0. The zero-order valence-corrected chi connectivity index (χ0v) is 14.4. The smallest absolute Gasteiger partial charge is 0.243 e. The Balaban J connectivity index is 1.57. The molecule has 1 aromatic carbocycles. The Bertz CT molecular complexity index is 550. The molecule has 0 unspecified atom stereocenters. The minimum Gasteiger partial charge on any atom is -0.352 e. The van der Waals surface area contributed by atoms with Gasteiger partial charge in [-0.15, -0.1) is 0 Å². The fraction of sp³-hybridized carbons (Fsp3) is 0.600. The van der Waals surface area contributed by atoms with Gasteiger partial charge in [0.1, 0.15) is 6.04 Å². The van der Waals surface area contributed by atoms with Crippen LogP contribution in [0.15, 0.2) is 30.3 Å². The number of nitrogens with one attached hydrogen (secondary N) is 1. The fourth-order valence-electron chi connectivity index (χ4n) is 3.93. The van der Waals surface area contributed by atoms with Crippen molar-refractivity contribution in [2.45, 2.75) is 69.9 Å². The highest BCUT2D eigenvalue weighted by molar-refractivity contribution is 5.89. The molecule has 4 nitrogen and oxygen atoms in total. The van der Waals surface area contributed by atoms with Crippen molar-refractivity contribution in [3.63, 3.8) is 0 Å². The van der Waals surface area contributed by atoms with Crippen LogP contribution in [0.2, 0.25) is 0 Å². The maximum absolute atomic E-state index is 12.7. The maximum atomic E-state index is 12.7. The Kier molecular flexibility index (Phi) is 5.89. The molecule has 1 heterocycles. The molecule has 1 atom stereocenters. The van der Waals surface area contributed by atoms with E-state index in [-0.39, 0.29) is 17.9 Å². The molecule has 1 aliphatic carbocycles. The quantitative estimate of drug-likeness (QED) is 0.864. The van der Waals surface area contributed by atoms with Gasteiger partial charge in [0.25, 0.3) is 0 Å². The van der Waals surface area contributed by atoms with E-state index in [1.807, 2.05) is 30.3 Å². The standard InChI is InChI=1S/C20H28N2O2/c23-19(15-16-9-4-3-5-10-16)22-14-8-13-18(22)20(24)21-17-11-6-1-2-7-12-17/h3-5,9-10,17-18H,1-2,6-8,11-15H2,(H,21,24)/t18-/m1/s1. The summed E-state index contributed by atoms with van der Waals surface area (Å²) in [5.74, 6) is 0.125. The van der Waals surface area contributed by atoms with Gasteiger partial charge in [0.2, 0.25) is 11.8 Å². The minimum absolute atomic E-state index is 0.0563. The largest absolute Gasteiger partial charge is 0.352 e. The molecular weight excluding hydrogens is 300 g/mol. The first-order chi connectivity index (χ1) is 11.7.